The van der Waals surface area contributed by atoms with Crippen molar-refractivity contribution in [3.8, 4) is 5.75 Å². The standard InChI is InChI=1S/C4H4BClO3S/c6-4-3(1-2-10-4)9-5(7)8/h1-2,7-8H. The van der Waals surface area contributed by atoms with Gasteiger partial charge in [-0.25, -0.2) is 0 Å². The molecule has 0 aliphatic heterocycles. The van der Waals surface area contributed by atoms with E-state index in [9.17, 15) is 0 Å². The van der Waals surface area contributed by atoms with Crippen molar-refractivity contribution in [3.05, 3.63) is 15.8 Å². The largest absolute Gasteiger partial charge is 0.707 e. The highest BCUT2D eigenvalue weighted by atomic mass is 35.5. The number of hydrogen-bond acceptors (Lipinski definition) is 4. The quantitative estimate of drug-likeness (QED) is 0.657. The summed E-state index contributed by atoms with van der Waals surface area (Å²) in [7, 11) is -1.80. The van der Waals surface area contributed by atoms with Gasteiger partial charge in [0.1, 0.15) is 10.1 Å². The van der Waals surface area contributed by atoms with Crippen molar-refractivity contribution < 1.29 is 14.7 Å². The molecular weight excluding hydrogens is 174 g/mol. The summed E-state index contributed by atoms with van der Waals surface area (Å²) in [5.41, 5.74) is 0. The Morgan fingerprint density at radius 1 is 1.60 bits per heavy atom. The molecule has 0 radical (unpaired) electrons. The molecule has 0 amide bonds. The molecule has 0 spiro atoms. The Kier molecular flexibility index (Phi) is 2.56. The molecule has 0 bridgehead atoms. The van der Waals surface area contributed by atoms with Crippen molar-refractivity contribution in [3.63, 3.8) is 0 Å². The van der Waals surface area contributed by atoms with Gasteiger partial charge in [-0.2, -0.15) is 0 Å². The molecular formula is C4H4BClO3S. The molecule has 0 saturated heterocycles. The molecule has 10 heavy (non-hydrogen) atoms. The van der Waals surface area contributed by atoms with E-state index in [2.05, 4.69) is 4.65 Å². The Balaban J connectivity index is 2.65. The SMILES string of the molecule is OB(O)Oc1ccsc1Cl. The zero-order chi connectivity index (χ0) is 7.56. The monoisotopic (exact) mass is 178 g/mol. The molecule has 2 N–H and O–H groups in total. The van der Waals surface area contributed by atoms with Crippen LogP contribution in [-0.4, -0.2) is 17.4 Å². The van der Waals surface area contributed by atoms with Gasteiger partial charge < -0.3 is 14.7 Å². The van der Waals surface area contributed by atoms with E-state index in [4.69, 9.17) is 21.6 Å². The molecule has 6 heteroatoms. The van der Waals surface area contributed by atoms with Crippen molar-refractivity contribution in [2.45, 2.75) is 0 Å². The van der Waals surface area contributed by atoms with Gasteiger partial charge >= 0.3 is 7.32 Å². The third-order valence-corrected chi connectivity index (χ3v) is 1.95. The summed E-state index contributed by atoms with van der Waals surface area (Å²) in [5, 5.41) is 18.4. The molecule has 1 rings (SSSR count). The Morgan fingerprint density at radius 3 is 2.70 bits per heavy atom. The minimum absolute atomic E-state index is 0.293. The molecule has 1 aromatic heterocycles. The summed E-state index contributed by atoms with van der Waals surface area (Å²) in [5.74, 6) is 0.293. The normalized spacial score (nSPS) is 9.50. The van der Waals surface area contributed by atoms with Gasteiger partial charge in [-0.15, -0.1) is 11.3 Å². The van der Waals surface area contributed by atoms with Crippen molar-refractivity contribution in [1.82, 2.24) is 0 Å². The van der Waals surface area contributed by atoms with Crippen LogP contribution < -0.4 is 4.65 Å². The van der Waals surface area contributed by atoms with Crippen LogP contribution in [0.4, 0.5) is 0 Å². The van der Waals surface area contributed by atoms with Crippen LogP contribution in [0.25, 0.3) is 0 Å². The zero-order valence-electron chi connectivity index (χ0n) is 4.82. The Labute approximate surface area is 67.0 Å². The molecule has 3 nitrogen and oxygen atoms in total. The molecule has 1 heterocycles. The number of halogens is 1. The van der Waals surface area contributed by atoms with E-state index in [1.165, 1.54) is 11.3 Å². The first-order chi connectivity index (χ1) is 4.70. The fraction of sp³-hybridized carbons (Fsp3) is 0. The lowest BCUT2D eigenvalue weighted by Gasteiger charge is -1.99. The summed E-state index contributed by atoms with van der Waals surface area (Å²) in [6, 6.07) is 1.56. The Morgan fingerprint density at radius 2 is 2.30 bits per heavy atom. The third-order valence-electron chi connectivity index (χ3n) is 0.817. The average molecular weight is 178 g/mol. The lowest BCUT2D eigenvalue weighted by Crippen LogP contribution is -2.20. The first kappa shape index (κ1) is 7.88. The van der Waals surface area contributed by atoms with Gasteiger partial charge in [-0.3, -0.25) is 0 Å². The van der Waals surface area contributed by atoms with Crippen LogP contribution in [0.1, 0.15) is 0 Å². The predicted molar refractivity (Wildman–Crippen MR) is 40.1 cm³/mol. The molecule has 54 valence electrons. The van der Waals surface area contributed by atoms with Gasteiger partial charge in [-0.05, 0) is 11.4 Å². The maximum Gasteiger partial charge on any atom is 0.707 e. The van der Waals surface area contributed by atoms with Crippen LogP contribution >= 0.6 is 22.9 Å². The topological polar surface area (TPSA) is 49.7 Å². The van der Waals surface area contributed by atoms with Gasteiger partial charge in [0.25, 0.3) is 0 Å². The van der Waals surface area contributed by atoms with Crippen molar-refractivity contribution >= 4 is 30.3 Å². The van der Waals surface area contributed by atoms with Crippen molar-refractivity contribution in [2.24, 2.45) is 0 Å². The smallest absolute Gasteiger partial charge is 0.510 e. The first-order valence-corrected chi connectivity index (χ1v) is 3.71. The maximum atomic E-state index is 8.33. The molecule has 0 unspecified atom stereocenters. The highest BCUT2D eigenvalue weighted by Crippen LogP contribution is 2.29. The van der Waals surface area contributed by atoms with E-state index in [1.54, 1.807) is 11.4 Å². The van der Waals surface area contributed by atoms with Crippen LogP contribution in [0.15, 0.2) is 11.4 Å². The molecule has 0 aliphatic carbocycles. The second-order valence-electron chi connectivity index (χ2n) is 1.50. The minimum atomic E-state index is -1.80. The van der Waals surface area contributed by atoms with E-state index >= 15 is 0 Å². The minimum Gasteiger partial charge on any atom is -0.510 e. The zero-order valence-corrected chi connectivity index (χ0v) is 6.39. The van der Waals surface area contributed by atoms with Gasteiger partial charge in [0.05, 0.1) is 0 Å². The van der Waals surface area contributed by atoms with E-state index in [0.29, 0.717) is 10.1 Å². The van der Waals surface area contributed by atoms with Crippen molar-refractivity contribution in [2.75, 3.05) is 0 Å². The maximum absolute atomic E-state index is 8.33. The van der Waals surface area contributed by atoms with Gasteiger partial charge in [-0.1, -0.05) is 11.6 Å². The number of rotatable bonds is 2. The Bertz CT molecular complexity index is 214. The highest BCUT2D eigenvalue weighted by Gasteiger charge is 2.13. The first-order valence-electron chi connectivity index (χ1n) is 2.46. The number of hydrogen-bond donors (Lipinski definition) is 2. The Hall–Kier alpha value is -0.225. The van der Waals surface area contributed by atoms with Gasteiger partial charge in [0, 0.05) is 0 Å². The fourth-order valence-electron chi connectivity index (χ4n) is 0.478. The summed E-state index contributed by atoms with van der Waals surface area (Å²) in [6.45, 7) is 0. The number of thiophene rings is 1. The fourth-order valence-corrected chi connectivity index (χ4v) is 1.28. The molecule has 0 aliphatic rings. The second-order valence-corrected chi connectivity index (χ2v) is 3.02. The van der Waals surface area contributed by atoms with E-state index in [1.807, 2.05) is 0 Å². The summed E-state index contributed by atoms with van der Waals surface area (Å²) < 4.78 is 4.88. The molecule has 1 aromatic rings. The van der Waals surface area contributed by atoms with Crippen LogP contribution in [0.2, 0.25) is 4.34 Å². The van der Waals surface area contributed by atoms with Gasteiger partial charge in [0.2, 0.25) is 0 Å². The van der Waals surface area contributed by atoms with Crippen LogP contribution in [0, 0.1) is 0 Å². The lowest BCUT2D eigenvalue weighted by molar-refractivity contribution is 0.289. The molecule has 0 aromatic carbocycles. The van der Waals surface area contributed by atoms with Gasteiger partial charge in [0.15, 0.2) is 0 Å². The van der Waals surface area contributed by atoms with E-state index < -0.39 is 7.32 Å². The van der Waals surface area contributed by atoms with Crippen molar-refractivity contribution in [1.29, 1.82) is 0 Å². The highest BCUT2D eigenvalue weighted by molar-refractivity contribution is 7.14. The molecule has 0 atom stereocenters. The van der Waals surface area contributed by atoms with Crippen LogP contribution in [0.3, 0.4) is 0 Å². The molecule has 0 fully saturated rings. The van der Waals surface area contributed by atoms with Crippen LogP contribution in [0.5, 0.6) is 5.75 Å². The summed E-state index contributed by atoms with van der Waals surface area (Å²) in [6.07, 6.45) is 0. The lowest BCUT2D eigenvalue weighted by atomic mass is 10.2. The van der Waals surface area contributed by atoms with E-state index in [0.717, 1.165) is 0 Å². The third kappa shape index (κ3) is 1.88. The average Bonchev–Trinajstić information content (AvgIpc) is 2.15. The summed E-state index contributed by atoms with van der Waals surface area (Å²) >= 11 is 6.82. The summed E-state index contributed by atoms with van der Waals surface area (Å²) in [4.78, 5) is 0. The molecule has 0 saturated carbocycles. The predicted octanol–water partition coefficient (Wildman–Crippen LogP) is 0.750. The van der Waals surface area contributed by atoms with Crippen LogP contribution in [-0.2, 0) is 0 Å². The van der Waals surface area contributed by atoms with E-state index in [-0.39, 0.29) is 0 Å². The second kappa shape index (κ2) is 3.25.